The van der Waals surface area contributed by atoms with Crippen LogP contribution in [0, 0.1) is 0 Å². The Morgan fingerprint density at radius 2 is 2.03 bits per heavy atom. The van der Waals surface area contributed by atoms with Crippen LogP contribution < -0.4 is 20.1 Å². The maximum atomic E-state index is 5.97. The van der Waals surface area contributed by atoms with Gasteiger partial charge in [-0.15, -0.1) is 24.0 Å². The summed E-state index contributed by atoms with van der Waals surface area (Å²) in [4.78, 5) is 6.90. The first-order chi connectivity index (χ1) is 14.2. The summed E-state index contributed by atoms with van der Waals surface area (Å²) in [5.74, 6) is 2.44. The molecule has 0 radical (unpaired) electrons. The number of aliphatic imine (C=N–C) groups is 1. The zero-order valence-electron chi connectivity index (χ0n) is 18.0. The number of guanidine groups is 1. The Morgan fingerprint density at radius 3 is 2.70 bits per heavy atom. The number of likely N-dealkylation sites (tertiary alicyclic amines) is 1. The molecule has 2 N–H and O–H groups in total. The van der Waals surface area contributed by atoms with E-state index in [1.54, 1.807) is 18.4 Å². The Morgan fingerprint density at radius 1 is 1.27 bits per heavy atom. The van der Waals surface area contributed by atoms with Gasteiger partial charge >= 0.3 is 0 Å². The molecule has 0 aliphatic carbocycles. The molecule has 1 aromatic carbocycles. The third-order valence-corrected chi connectivity index (χ3v) is 5.81. The van der Waals surface area contributed by atoms with E-state index in [1.807, 2.05) is 38.2 Å². The zero-order chi connectivity index (χ0) is 20.5. The minimum absolute atomic E-state index is 0. The van der Waals surface area contributed by atoms with Crippen LogP contribution in [0.2, 0.25) is 0 Å². The molecule has 3 rings (SSSR count). The maximum Gasteiger partial charge on any atom is 0.191 e. The first-order valence-electron chi connectivity index (χ1n) is 10.2. The average molecular weight is 545 g/mol. The fourth-order valence-electron chi connectivity index (χ4n) is 3.45. The number of hydrogen-bond donors (Lipinski definition) is 2. The summed E-state index contributed by atoms with van der Waals surface area (Å²) < 4.78 is 11.2. The zero-order valence-corrected chi connectivity index (χ0v) is 21.1. The number of ether oxygens (including phenoxy) is 2. The van der Waals surface area contributed by atoms with Gasteiger partial charge in [0.2, 0.25) is 0 Å². The van der Waals surface area contributed by atoms with Gasteiger partial charge in [0, 0.05) is 38.8 Å². The molecule has 0 bridgehead atoms. The number of nitrogens with one attached hydrogen (secondary N) is 2. The van der Waals surface area contributed by atoms with Crippen molar-refractivity contribution in [3.05, 3.63) is 46.7 Å². The first-order valence-corrected chi connectivity index (χ1v) is 11.1. The van der Waals surface area contributed by atoms with Gasteiger partial charge in [0.1, 0.15) is 17.6 Å². The maximum absolute atomic E-state index is 5.97. The molecular formula is C22H33IN4O2S. The summed E-state index contributed by atoms with van der Waals surface area (Å²) >= 11 is 1.77. The Kier molecular flexibility index (Phi) is 10.7. The third-order valence-electron chi connectivity index (χ3n) is 5.07. The molecule has 0 spiro atoms. The lowest BCUT2D eigenvalue weighted by Gasteiger charge is -2.33. The number of methoxy groups -OCH3 is 1. The molecule has 2 aromatic rings. The molecule has 8 heteroatoms. The van der Waals surface area contributed by atoms with Crippen LogP contribution >= 0.6 is 35.3 Å². The van der Waals surface area contributed by atoms with Crippen molar-refractivity contribution in [1.29, 1.82) is 0 Å². The van der Waals surface area contributed by atoms with Crippen molar-refractivity contribution in [1.82, 2.24) is 15.5 Å². The van der Waals surface area contributed by atoms with E-state index in [-0.39, 0.29) is 30.1 Å². The highest BCUT2D eigenvalue weighted by atomic mass is 127. The topological polar surface area (TPSA) is 58.1 Å². The quantitative estimate of drug-likeness (QED) is 0.299. The number of halogens is 1. The number of rotatable bonds is 8. The molecule has 0 saturated carbocycles. The molecule has 1 aliphatic heterocycles. The number of hydrogen-bond acceptors (Lipinski definition) is 5. The van der Waals surface area contributed by atoms with Gasteiger partial charge in [0.25, 0.3) is 0 Å². The van der Waals surface area contributed by atoms with E-state index < -0.39 is 0 Å². The second-order valence-corrected chi connectivity index (χ2v) is 8.17. The minimum atomic E-state index is 0. The standard InChI is InChI=1S/C22H32N4O2S.HI/c1-17(28-21-6-4-5-20(13-21)27-3)14-24-22(23-2)25-19-7-10-26(11-8-19)15-18-9-12-29-16-18;/h4-6,9,12-13,16-17,19H,7-8,10-11,14-15H2,1-3H3,(H2,23,24,25);1H. The molecular weight excluding hydrogens is 511 g/mol. The highest BCUT2D eigenvalue weighted by molar-refractivity contribution is 14.0. The van der Waals surface area contributed by atoms with Crippen molar-refractivity contribution in [2.45, 2.75) is 38.5 Å². The molecule has 1 saturated heterocycles. The molecule has 1 unspecified atom stereocenters. The molecule has 30 heavy (non-hydrogen) atoms. The lowest BCUT2D eigenvalue weighted by Crippen LogP contribution is -2.49. The SMILES string of the molecule is CN=C(NCC(C)Oc1cccc(OC)c1)NC1CCN(Cc2ccsc2)CC1.I. The first kappa shape index (κ1) is 24.7. The van der Waals surface area contributed by atoms with Crippen molar-refractivity contribution >= 4 is 41.3 Å². The Bertz CT molecular complexity index is 764. The Balaban J connectivity index is 0.00000320. The summed E-state index contributed by atoms with van der Waals surface area (Å²) in [5, 5.41) is 11.3. The van der Waals surface area contributed by atoms with Crippen molar-refractivity contribution < 1.29 is 9.47 Å². The molecule has 1 aromatic heterocycles. The van der Waals surface area contributed by atoms with Crippen LogP contribution in [-0.2, 0) is 6.54 Å². The third kappa shape index (κ3) is 7.96. The van der Waals surface area contributed by atoms with Crippen molar-refractivity contribution in [2.24, 2.45) is 4.99 Å². The summed E-state index contributed by atoms with van der Waals surface area (Å²) in [5.41, 5.74) is 1.42. The van der Waals surface area contributed by atoms with E-state index in [0.717, 1.165) is 49.9 Å². The summed E-state index contributed by atoms with van der Waals surface area (Å²) in [6.45, 7) is 6.00. The van der Waals surface area contributed by atoms with E-state index in [4.69, 9.17) is 9.47 Å². The fourth-order valence-corrected chi connectivity index (χ4v) is 4.11. The van der Waals surface area contributed by atoms with E-state index >= 15 is 0 Å². The summed E-state index contributed by atoms with van der Waals surface area (Å²) in [7, 11) is 3.47. The van der Waals surface area contributed by atoms with E-state index in [9.17, 15) is 0 Å². The van der Waals surface area contributed by atoms with Gasteiger partial charge in [0.05, 0.1) is 13.7 Å². The summed E-state index contributed by atoms with van der Waals surface area (Å²) in [6.07, 6.45) is 2.26. The van der Waals surface area contributed by atoms with Gasteiger partial charge in [-0.3, -0.25) is 9.89 Å². The fraction of sp³-hybridized carbons (Fsp3) is 0.500. The molecule has 6 nitrogen and oxygen atoms in total. The van der Waals surface area contributed by atoms with Crippen LogP contribution in [0.5, 0.6) is 11.5 Å². The van der Waals surface area contributed by atoms with E-state index in [0.29, 0.717) is 12.6 Å². The van der Waals surface area contributed by atoms with Crippen molar-refractivity contribution in [3.63, 3.8) is 0 Å². The molecule has 0 amide bonds. The highest BCUT2D eigenvalue weighted by Gasteiger charge is 2.20. The van der Waals surface area contributed by atoms with Crippen LogP contribution in [0.15, 0.2) is 46.1 Å². The smallest absolute Gasteiger partial charge is 0.191 e. The van der Waals surface area contributed by atoms with Gasteiger partial charge in [-0.2, -0.15) is 11.3 Å². The molecule has 1 atom stereocenters. The number of thiophene rings is 1. The largest absolute Gasteiger partial charge is 0.497 e. The van der Waals surface area contributed by atoms with E-state index in [1.165, 1.54) is 5.56 Å². The molecule has 1 aliphatic rings. The van der Waals surface area contributed by atoms with Crippen LogP contribution in [0.1, 0.15) is 25.3 Å². The number of nitrogens with zero attached hydrogens (tertiary/aromatic N) is 2. The van der Waals surface area contributed by atoms with E-state index in [2.05, 4.69) is 37.4 Å². The lowest BCUT2D eigenvalue weighted by atomic mass is 10.0. The second kappa shape index (κ2) is 13.0. The van der Waals surface area contributed by atoms with Crippen molar-refractivity contribution in [3.8, 4) is 11.5 Å². The molecule has 1 fully saturated rings. The van der Waals surface area contributed by atoms with Gasteiger partial charge in [-0.05, 0) is 54.3 Å². The average Bonchev–Trinajstić information content (AvgIpc) is 3.25. The Hall–Kier alpha value is -1.52. The normalized spacial score (nSPS) is 16.4. The van der Waals surface area contributed by atoms with Crippen molar-refractivity contribution in [2.75, 3.05) is 33.8 Å². The Labute approximate surface area is 201 Å². The highest BCUT2D eigenvalue weighted by Crippen LogP contribution is 2.20. The van der Waals surface area contributed by atoms with Gasteiger partial charge in [-0.25, -0.2) is 0 Å². The lowest BCUT2D eigenvalue weighted by molar-refractivity contribution is 0.198. The van der Waals surface area contributed by atoms with Gasteiger partial charge in [-0.1, -0.05) is 6.07 Å². The number of piperidine rings is 1. The van der Waals surface area contributed by atoms with Crippen LogP contribution in [0.4, 0.5) is 0 Å². The predicted octanol–water partition coefficient (Wildman–Crippen LogP) is 3.97. The number of benzene rings is 1. The summed E-state index contributed by atoms with van der Waals surface area (Å²) in [6, 6.07) is 10.3. The van der Waals surface area contributed by atoms with Crippen LogP contribution in [0.25, 0.3) is 0 Å². The minimum Gasteiger partial charge on any atom is -0.497 e. The molecule has 2 heterocycles. The van der Waals surface area contributed by atoms with Gasteiger partial charge < -0.3 is 20.1 Å². The molecule has 166 valence electrons. The van der Waals surface area contributed by atoms with Crippen LogP contribution in [-0.4, -0.2) is 56.8 Å². The van der Waals surface area contributed by atoms with Crippen LogP contribution in [0.3, 0.4) is 0 Å². The van der Waals surface area contributed by atoms with Gasteiger partial charge in [0.15, 0.2) is 5.96 Å². The second-order valence-electron chi connectivity index (χ2n) is 7.39. The predicted molar refractivity (Wildman–Crippen MR) is 136 cm³/mol. The monoisotopic (exact) mass is 544 g/mol.